The van der Waals surface area contributed by atoms with E-state index in [0.717, 1.165) is 12.1 Å². The number of fused-ring (bicyclic) bond motifs is 1. The number of benzene rings is 1. The summed E-state index contributed by atoms with van der Waals surface area (Å²) in [6.07, 6.45) is -1.03. The van der Waals surface area contributed by atoms with E-state index >= 15 is 0 Å². The highest BCUT2D eigenvalue weighted by Crippen LogP contribution is 2.27. The van der Waals surface area contributed by atoms with Crippen molar-refractivity contribution in [3.63, 3.8) is 0 Å². The van der Waals surface area contributed by atoms with Crippen LogP contribution in [0.1, 0.15) is 19.9 Å². The van der Waals surface area contributed by atoms with E-state index in [9.17, 15) is 13.6 Å². The van der Waals surface area contributed by atoms with Crippen LogP contribution < -0.4 is 10.5 Å². The predicted molar refractivity (Wildman–Crippen MR) is 60.2 cm³/mol. The minimum Gasteiger partial charge on any atom is -0.375 e. The molecule has 0 aliphatic rings. The van der Waals surface area contributed by atoms with E-state index in [-0.39, 0.29) is 17.6 Å². The summed E-state index contributed by atoms with van der Waals surface area (Å²) in [5, 5.41) is 0. The highest BCUT2D eigenvalue weighted by molar-refractivity contribution is 5.78. The Morgan fingerprint density at radius 3 is 2.56 bits per heavy atom. The van der Waals surface area contributed by atoms with Crippen molar-refractivity contribution < 1.29 is 18.3 Å². The van der Waals surface area contributed by atoms with E-state index in [4.69, 9.17) is 10.5 Å². The topological polar surface area (TPSA) is 70.1 Å². The number of carbonyl (C=O) groups is 1. The maximum atomic E-state index is 13.2. The smallest absolute Gasteiger partial charge is 0.375 e. The Morgan fingerprint density at radius 1 is 1.39 bits per heavy atom. The Morgan fingerprint density at radius 2 is 2.00 bits per heavy atom. The molecule has 0 saturated carbocycles. The maximum absolute atomic E-state index is 13.2. The Kier molecular flexibility index (Phi) is 2.90. The van der Waals surface area contributed by atoms with Crippen molar-refractivity contribution in [1.82, 2.24) is 9.55 Å². The third-order valence-corrected chi connectivity index (χ3v) is 2.41. The van der Waals surface area contributed by atoms with Gasteiger partial charge in [-0.1, -0.05) is 0 Å². The summed E-state index contributed by atoms with van der Waals surface area (Å²) in [4.78, 5) is 14.7. The Hall–Kier alpha value is -2.18. The molecule has 5 nitrogen and oxygen atoms in total. The summed E-state index contributed by atoms with van der Waals surface area (Å²) in [5.41, 5.74) is 5.44. The Labute approximate surface area is 101 Å². The number of primary amides is 1. The van der Waals surface area contributed by atoms with E-state index in [0.29, 0.717) is 5.52 Å². The van der Waals surface area contributed by atoms with Crippen LogP contribution in [0, 0.1) is 11.6 Å². The van der Waals surface area contributed by atoms with Crippen LogP contribution in [-0.4, -0.2) is 15.6 Å². The number of carbonyl (C=O) groups excluding carboxylic acids is 1. The second-order valence-corrected chi connectivity index (χ2v) is 4.03. The summed E-state index contributed by atoms with van der Waals surface area (Å²) in [6.45, 7) is 3.58. The number of hydrogen-bond donors (Lipinski definition) is 1. The minimum absolute atomic E-state index is 0.0856. The number of imidazole rings is 1. The van der Waals surface area contributed by atoms with Gasteiger partial charge in [-0.25, -0.2) is 13.6 Å². The summed E-state index contributed by atoms with van der Waals surface area (Å²) in [5.74, 6) is -2.00. The van der Waals surface area contributed by atoms with Crippen LogP contribution in [0.15, 0.2) is 12.1 Å². The zero-order chi connectivity index (χ0) is 13.4. The first kappa shape index (κ1) is 12.3. The van der Waals surface area contributed by atoms with Gasteiger partial charge in [-0.3, -0.25) is 4.57 Å². The molecule has 18 heavy (non-hydrogen) atoms. The minimum atomic E-state index is -1.03. The molecule has 0 radical (unpaired) electrons. The lowest BCUT2D eigenvalue weighted by Crippen LogP contribution is -2.19. The van der Waals surface area contributed by atoms with Gasteiger partial charge in [-0.05, 0) is 13.8 Å². The zero-order valence-electron chi connectivity index (χ0n) is 9.78. The maximum Gasteiger partial charge on any atom is 0.412 e. The van der Waals surface area contributed by atoms with Gasteiger partial charge in [0.1, 0.15) is 0 Å². The second-order valence-electron chi connectivity index (χ2n) is 4.03. The van der Waals surface area contributed by atoms with Crippen LogP contribution in [-0.2, 0) is 0 Å². The molecule has 0 fully saturated rings. The molecule has 1 amide bonds. The number of hydrogen-bond acceptors (Lipinski definition) is 3. The average Bonchev–Trinajstić information content (AvgIpc) is 2.55. The number of rotatable bonds is 2. The molecule has 7 heteroatoms. The molecule has 2 aromatic rings. The van der Waals surface area contributed by atoms with Crippen LogP contribution in [0.2, 0.25) is 0 Å². The standard InChI is InChI=1S/C11H11F2N3O2/c1-5(2)16-9-4-7(13)6(12)3-8(9)15-11(16)18-10(14)17/h3-5H,1-2H3,(H2,14,17). The lowest BCUT2D eigenvalue weighted by Gasteiger charge is -2.11. The number of amides is 1. The van der Waals surface area contributed by atoms with Crippen LogP contribution in [0.3, 0.4) is 0 Å². The van der Waals surface area contributed by atoms with Gasteiger partial charge < -0.3 is 10.5 Å². The second kappa shape index (κ2) is 4.25. The van der Waals surface area contributed by atoms with Gasteiger partial charge in [0.15, 0.2) is 11.6 Å². The molecule has 0 spiro atoms. The van der Waals surface area contributed by atoms with Crippen molar-refractivity contribution in [2.45, 2.75) is 19.9 Å². The molecular formula is C11H11F2N3O2. The summed E-state index contributed by atoms with van der Waals surface area (Å²) in [7, 11) is 0. The first-order valence-electron chi connectivity index (χ1n) is 5.24. The van der Waals surface area contributed by atoms with Gasteiger partial charge in [0.05, 0.1) is 11.0 Å². The molecule has 0 saturated heterocycles. The fourth-order valence-electron chi connectivity index (χ4n) is 1.73. The van der Waals surface area contributed by atoms with Crippen LogP contribution in [0.25, 0.3) is 11.0 Å². The van der Waals surface area contributed by atoms with Gasteiger partial charge in [-0.2, -0.15) is 4.98 Å². The Balaban J connectivity index is 2.71. The van der Waals surface area contributed by atoms with Crippen LogP contribution in [0.5, 0.6) is 6.01 Å². The number of nitrogens with two attached hydrogens (primary N) is 1. The summed E-state index contributed by atoms with van der Waals surface area (Å²) < 4.78 is 32.5. The van der Waals surface area contributed by atoms with Crippen LogP contribution in [0.4, 0.5) is 13.6 Å². The van der Waals surface area contributed by atoms with Gasteiger partial charge in [0, 0.05) is 18.2 Å². The van der Waals surface area contributed by atoms with Gasteiger partial charge in [0.25, 0.3) is 0 Å². The van der Waals surface area contributed by atoms with Crippen molar-refractivity contribution >= 4 is 17.1 Å². The molecule has 96 valence electrons. The molecule has 0 aliphatic carbocycles. The predicted octanol–water partition coefficient (Wildman–Crippen LogP) is 2.35. The number of halogens is 2. The first-order valence-corrected chi connectivity index (χ1v) is 5.24. The molecule has 0 atom stereocenters. The molecule has 1 aromatic heterocycles. The third kappa shape index (κ3) is 1.99. The van der Waals surface area contributed by atoms with Crippen molar-refractivity contribution in [3.8, 4) is 6.01 Å². The molecular weight excluding hydrogens is 244 g/mol. The van der Waals surface area contributed by atoms with E-state index in [2.05, 4.69) is 4.98 Å². The van der Waals surface area contributed by atoms with Crippen molar-refractivity contribution in [2.24, 2.45) is 5.73 Å². The first-order chi connectivity index (χ1) is 8.40. The average molecular weight is 255 g/mol. The van der Waals surface area contributed by atoms with Gasteiger partial charge >= 0.3 is 12.1 Å². The SMILES string of the molecule is CC(C)n1c(OC(N)=O)nc2cc(F)c(F)cc21. The molecule has 0 bridgehead atoms. The summed E-state index contributed by atoms with van der Waals surface area (Å²) >= 11 is 0. The molecule has 1 heterocycles. The monoisotopic (exact) mass is 255 g/mol. The number of aromatic nitrogens is 2. The van der Waals surface area contributed by atoms with Gasteiger partial charge in [0.2, 0.25) is 0 Å². The lowest BCUT2D eigenvalue weighted by molar-refractivity contribution is 0.204. The number of nitrogens with zero attached hydrogens (tertiary/aromatic N) is 2. The van der Waals surface area contributed by atoms with Crippen molar-refractivity contribution in [1.29, 1.82) is 0 Å². The Bertz CT molecular complexity index is 622. The largest absolute Gasteiger partial charge is 0.412 e. The van der Waals surface area contributed by atoms with Crippen molar-refractivity contribution in [2.75, 3.05) is 0 Å². The van der Waals surface area contributed by atoms with E-state index in [1.165, 1.54) is 4.57 Å². The van der Waals surface area contributed by atoms with E-state index < -0.39 is 17.7 Å². The molecule has 2 rings (SSSR count). The van der Waals surface area contributed by atoms with Crippen molar-refractivity contribution in [3.05, 3.63) is 23.8 Å². The fourth-order valence-corrected chi connectivity index (χ4v) is 1.73. The number of ether oxygens (including phenoxy) is 1. The molecule has 0 aliphatic heterocycles. The van der Waals surface area contributed by atoms with Gasteiger partial charge in [-0.15, -0.1) is 0 Å². The van der Waals surface area contributed by atoms with Crippen LogP contribution >= 0.6 is 0 Å². The quantitative estimate of drug-likeness (QED) is 0.895. The highest BCUT2D eigenvalue weighted by atomic mass is 19.2. The lowest BCUT2D eigenvalue weighted by atomic mass is 10.2. The van der Waals surface area contributed by atoms with E-state index in [1.54, 1.807) is 13.8 Å². The molecule has 2 N–H and O–H groups in total. The normalized spacial score (nSPS) is 11.2. The van der Waals surface area contributed by atoms with E-state index in [1.807, 2.05) is 0 Å². The highest BCUT2D eigenvalue weighted by Gasteiger charge is 2.18. The molecule has 0 unspecified atom stereocenters. The molecule has 1 aromatic carbocycles. The zero-order valence-corrected chi connectivity index (χ0v) is 9.78. The summed E-state index contributed by atoms with van der Waals surface area (Å²) in [6, 6.07) is 1.70. The fraction of sp³-hybridized carbons (Fsp3) is 0.273. The third-order valence-electron chi connectivity index (χ3n) is 2.41.